The third-order valence-corrected chi connectivity index (χ3v) is 3.13. The minimum absolute atomic E-state index is 0. The van der Waals surface area contributed by atoms with Gasteiger partial charge < -0.3 is 29.2 Å². The van der Waals surface area contributed by atoms with Gasteiger partial charge in [0.25, 0.3) is 0 Å². The van der Waals surface area contributed by atoms with Crippen molar-refractivity contribution in [3.05, 3.63) is 29.8 Å². The molecule has 1 N–H and O–H groups in total. The second kappa shape index (κ2) is 14.5. The second-order valence-electron chi connectivity index (χ2n) is 4.82. The van der Waals surface area contributed by atoms with Crippen LogP contribution in [0.1, 0.15) is 17.3 Å². The zero-order chi connectivity index (χ0) is 17.8. The van der Waals surface area contributed by atoms with E-state index < -0.39 is 6.16 Å². The average molecular weight is 379 g/mol. The Morgan fingerprint density at radius 3 is 2.56 bits per heavy atom. The predicted octanol–water partition coefficient (Wildman–Crippen LogP) is -2.53. The Morgan fingerprint density at radius 1 is 1.32 bits per heavy atom. The molecule has 0 unspecified atom stereocenters. The van der Waals surface area contributed by atoms with Crippen LogP contribution in [0, 0.1) is 0 Å². The van der Waals surface area contributed by atoms with Crippen LogP contribution in [0.4, 0.5) is 4.79 Å². The summed E-state index contributed by atoms with van der Waals surface area (Å²) in [6.07, 6.45) is -2.08. The largest absolute Gasteiger partial charge is 1.00 e. The molecule has 1 heterocycles. The molecule has 1 aromatic rings. The Bertz CT molecular complexity index is 517. The first-order valence-electron chi connectivity index (χ1n) is 7.63. The van der Waals surface area contributed by atoms with E-state index in [1.54, 1.807) is 25.1 Å². The molecule has 25 heavy (non-hydrogen) atoms. The molecule has 1 saturated heterocycles. The molecular weight excluding hydrogens is 357 g/mol. The predicted molar refractivity (Wildman–Crippen MR) is 83.2 cm³/mol. The minimum atomic E-state index is -2.08. The maximum Gasteiger partial charge on any atom is 1.00 e. The van der Waals surface area contributed by atoms with Crippen molar-refractivity contribution in [1.29, 1.82) is 0 Å². The fraction of sp³-hybridized carbons (Fsp3) is 0.500. The van der Waals surface area contributed by atoms with Gasteiger partial charge in [-0.15, -0.1) is 0 Å². The molecule has 0 amide bonds. The van der Waals surface area contributed by atoms with Crippen molar-refractivity contribution in [3.8, 4) is 5.75 Å². The van der Waals surface area contributed by atoms with Gasteiger partial charge in [-0.2, -0.15) is 0 Å². The van der Waals surface area contributed by atoms with Crippen LogP contribution >= 0.6 is 0 Å². The first-order valence-corrected chi connectivity index (χ1v) is 7.63. The van der Waals surface area contributed by atoms with Gasteiger partial charge in [0.05, 0.1) is 25.4 Å². The Labute approximate surface area is 189 Å². The van der Waals surface area contributed by atoms with E-state index in [1.807, 2.05) is 6.07 Å². The number of esters is 1. The van der Waals surface area contributed by atoms with E-state index in [9.17, 15) is 4.79 Å². The van der Waals surface area contributed by atoms with Gasteiger partial charge in [-0.05, 0) is 25.1 Å². The van der Waals surface area contributed by atoms with Gasteiger partial charge in [0.2, 0.25) is 6.16 Å². The molecular formula is C16H22KNO7. The summed E-state index contributed by atoms with van der Waals surface area (Å²) in [5, 5.41) is 15.3. The number of carbonyl (C=O) groups excluding carboxylic acids is 1. The summed E-state index contributed by atoms with van der Waals surface area (Å²) in [7, 11) is 0. The molecule has 0 saturated carbocycles. The molecule has 134 valence electrons. The summed E-state index contributed by atoms with van der Waals surface area (Å²) < 4.78 is 15.9. The molecule has 1 aromatic carbocycles. The number of rotatable bonds is 6. The van der Waals surface area contributed by atoms with Crippen LogP contribution in [0.3, 0.4) is 0 Å². The molecule has 0 aromatic heterocycles. The van der Waals surface area contributed by atoms with Gasteiger partial charge in [0.15, 0.2) is 0 Å². The quantitative estimate of drug-likeness (QED) is 0.426. The second-order valence-corrected chi connectivity index (χ2v) is 4.82. The molecule has 2 rings (SSSR count). The van der Waals surface area contributed by atoms with E-state index in [0.29, 0.717) is 24.5 Å². The molecule has 1 aliphatic rings. The van der Waals surface area contributed by atoms with Gasteiger partial charge in [-0.3, -0.25) is 4.90 Å². The van der Waals surface area contributed by atoms with Crippen molar-refractivity contribution >= 4 is 12.1 Å². The Hall–Kier alpha value is -0.684. The van der Waals surface area contributed by atoms with E-state index in [-0.39, 0.29) is 57.4 Å². The summed E-state index contributed by atoms with van der Waals surface area (Å²) in [5.41, 5.74) is 0.524. The topological polar surface area (TPSA) is 108 Å². The molecule has 0 bridgehead atoms. The van der Waals surface area contributed by atoms with Crippen molar-refractivity contribution in [2.24, 2.45) is 0 Å². The van der Waals surface area contributed by atoms with Crippen molar-refractivity contribution in [2.75, 3.05) is 46.1 Å². The molecule has 0 spiro atoms. The number of benzene rings is 1. The monoisotopic (exact) mass is 379 g/mol. The Balaban J connectivity index is 0.00000104. The zero-order valence-corrected chi connectivity index (χ0v) is 17.7. The fourth-order valence-corrected chi connectivity index (χ4v) is 2.04. The van der Waals surface area contributed by atoms with E-state index in [2.05, 4.69) is 4.90 Å². The average Bonchev–Trinajstić information content (AvgIpc) is 2.56. The SMILES string of the molecule is CCOC(=O)c1cccc(OCCN2CCOCC2)c1.O=C([O-])O.[K+]. The van der Waals surface area contributed by atoms with E-state index in [1.165, 1.54) is 0 Å². The van der Waals surface area contributed by atoms with Crippen LogP contribution in [0.15, 0.2) is 24.3 Å². The standard InChI is InChI=1S/C15H21NO4.CH2O3.K/c1-2-19-15(17)13-4-3-5-14(12-13)20-11-8-16-6-9-18-10-7-16;2-1(3)4;/h3-5,12H,2,6-11H2,1H3;(H2,2,3,4);/q;;+1/p-1. The van der Waals surface area contributed by atoms with Gasteiger partial charge in [-0.1, -0.05) is 6.07 Å². The molecule has 1 aliphatic heterocycles. The van der Waals surface area contributed by atoms with Crippen molar-refractivity contribution < 1.29 is 85.4 Å². The third kappa shape index (κ3) is 11.5. The maximum absolute atomic E-state index is 11.6. The zero-order valence-electron chi connectivity index (χ0n) is 14.6. The summed E-state index contributed by atoms with van der Waals surface area (Å²) in [6, 6.07) is 7.10. The smallest absolute Gasteiger partial charge is 0.565 e. The van der Waals surface area contributed by atoms with Gasteiger partial charge >= 0.3 is 57.4 Å². The van der Waals surface area contributed by atoms with Gasteiger partial charge in [0.1, 0.15) is 12.4 Å². The molecule has 0 atom stereocenters. The first kappa shape index (κ1) is 24.3. The molecule has 0 radical (unpaired) electrons. The van der Waals surface area contributed by atoms with Crippen LogP contribution in [0.5, 0.6) is 5.75 Å². The van der Waals surface area contributed by atoms with Gasteiger partial charge in [-0.25, -0.2) is 4.79 Å². The van der Waals surface area contributed by atoms with Crippen LogP contribution in [-0.2, 0) is 9.47 Å². The van der Waals surface area contributed by atoms with E-state index in [4.69, 9.17) is 29.2 Å². The Kier molecular flexibility index (Phi) is 14.1. The minimum Gasteiger partial charge on any atom is -0.565 e. The normalized spacial score (nSPS) is 13.6. The molecule has 8 nitrogen and oxygen atoms in total. The van der Waals surface area contributed by atoms with Crippen LogP contribution in [-0.4, -0.2) is 68.2 Å². The fourth-order valence-electron chi connectivity index (χ4n) is 2.04. The number of carbonyl (C=O) groups is 2. The summed E-state index contributed by atoms with van der Waals surface area (Å²) in [6.45, 7) is 7.12. The van der Waals surface area contributed by atoms with Crippen molar-refractivity contribution in [3.63, 3.8) is 0 Å². The number of hydrogen-bond donors (Lipinski definition) is 1. The van der Waals surface area contributed by atoms with E-state index in [0.717, 1.165) is 32.8 Å². The summed E-state index contributed by atoms with van der Waals surface area (Å²) >= 11 is 0. The van der Waals surface area contributed by atoms with Crippen LogP contribution < -0.4 is 61.2 Å². The molecule has 0 aliphatic carbocycles. The Morgan fingerprint density at radius 2 is 1.96 bits per heavy atom. The summed E-state index contributed by atoms with van der Waals surface area (Å²) in [4.78, 5) is 22.4. The number of hydrogen-bond acceptors (Lipinski definition) is 7. The van der Waals surface area contributed by atoms with Crippen molar-refractivity contribution in [2.45, 2.75) is 6.92 Å². The number of nitrogens with zero attached hydrogens (tertiary/aromatic N) is 1. The van der Waals surface area contributed by atoms with Crippen molar-refractivity contribution in [1.82, 2.24) is 4.90 Å². The van der Waals surface area contributed by atoms with Crippen LogP contribution in [0.25, 0.3) is 0 Å². The number of carboxylic acid groups (broad SMARTS) is 2. The number of ether oxygens (including phenoxy) is 3. The van der Waals surface area contributed by atoms with Gasteiger partial charge in [0, 0.05) is 19.6 Å². The first-order chi connectivity index (χ1) is 11.5. The van der Waals surface area contributed by atoms with Crippen LogP contribution in [0.2, 0.25) is 0 Å². The molecule has 1 fully saturated rings. The maximum atomic E-state index is 11.6. The summed E-state index contributed by atoms with van der Waals surface area (Å²) in [5.74, 6) is 0.384. The van der Waals surface area contributed by atoms with E-state index >= 15 is 0 Å². The molecule has 9 heteroatoms. The third-order valence-electron chi connectivity index (χ3n) is 3.13. The number of morpholine rings is 1.